The Bertz CT molecular complexity index is 605. The number of carbonyl (C=O) groups excluding carboxylic acids is 1. The molecule has 0 unspecified atom stereocenters. The largest absolute Gasteiger partial charge is 0.483 e. The van der Waals surface area contributed by atoms with Gasteiger partial charge < -0.3 is 10.4 Å². The lowest BCUT2D eigenvalue weighted by Gasteiger charge is -2.00. The molecule has 0 aromatic carbocycles. The van der Waals surface area contributed by atoms with Gasteiger partial charge in [-0.25, -0.2) is 0 Å². The molecule has 0 saturated heterocycles. The fourth-order valence-electron chi connectivity index (χ4n) is 1.39. The van der Waals surface area contributed by atoms with Crippen LogP contribution in [-0.2, 0) is 16.0 Å². The fourth-order valence-corrected chi connectivity index (χ4v) is 3.13. The Kier molecular flexibility index (Phi) is 8.85. The summed E-state index contributed by atoms with van der Waals surface area (Å²) in [6, 6.07) is 5.51. The van der Waals surface area contributed by atoms with Crippen molar-refractivity contribution in [3.63, 3.8) is 0 Å². The molecule has 0 fully saturated rings. The van der Waals surface area contributed by atoms with Gasteiger partial charge in [-0.2, -0.15) is 0 Å². The standard InChI is InChI=1S/C13H16N4OS2.CH2O2/c1-9(2)8-19-13-17-16-12(20-13)15-11(18)7-10-5-3-4-6-14-10;2-1-3/h3-6,9H,7-8H2,1-2H3,(H,15,16,18);1H,(H,2,3). The lowest BCUT2D eigenvalue weighted by molar-refractivity contribution is -0.123. The van der Waals surface area contributed by atoms with Gasteiger partial charge in [0.1, 0.15) is 0 Å². The molecule has 7 nitrogen and oxygen atoms in total. The third-order valence-corrected chi connectivity index (χ3v) is 4.66. The molecule has 0 bridgehead atoms. The Hall–Kier alpha value is -2.00. The second-order valence-corrected chi connectivity index (χ2v) is 6.97. The van der Waals surface area contributed by atoms with Gasteiger partial charge in [0.15, 0.2) is 4.34 Å². The fraction of sp³-hybridized carbons (Fsp3) is 0.357. The zero-order chi connectivity index (χ0) is 17.1. The third kappa shape index (κ3) is 8.27. The number of rotatable bonds is 6. The minimum Gasteiger partial charge on any atom is -0.483 e. The summed E-state index contributed by atoms with van der Waals surface area (Å²) in [5.74, 6) is 1.47. The minimum absolute atomic E-state index is 0.125. The number of carboxylic acid groups (broad SMARTS) is 1. The maximum Gasteiger partial charge on any atom is 0.290 e. The number of thioether (sulfide) groups is 1. The number of anilines is 1. The predicted octanol–water partition coefficient (Wildman–Crippen LogP) is 2.56. The molecule has 2 N–H and O–H groups in total. The number of amides is 1. The van der Waals surface area contributed by atoms with Gasteiger partial charge in [0.05, 0.1) is 6.42 Å². The summed E-state index contributed by atoms with van der Waals surface area (Å²) in [5.41, 5.74) is 0.740. The first-order valence-electron chi connectivity index (χ1n) is 6.79. The monoisotopic (exact) mass is 354 g/mol. The van der Waals surface area contributed by atoms with Crippen LogP contribution in [0.5, 0.6) is 0 Å². The number of pyridine rings is 1. The smallest absolute Gasteiger partial charge is 0.290 e. The molecule has 0 atom stereocenters. The minimum atomic E-state index is -0.250. The van der Waals surface area contributed by atoms with E-state index in [1.807, 2.05) is 18.2 Å². The number of carbonyl (C=O) groups is 2. The van der Waals surface area contributed by atoms with E-state index < -0.39 is 0 Å². The van der Waals surface area contributed by atoms with Crippen molar-refractivity contribution in [1.82, 2.24) is 15.2 Å². The van der Waals surface area contributed by atoms with Crippen LogP contribution in [0.4, 0.5) is 5.13 Å². The third-order valence-electron chi connectivity index (χ3n) is 2.26. The molecule has 23 heavy (non-hydrogen) atoms. The number of nitrogens with one attached hydrogen (secondary N) is 1. The summed E-state index contributed by atoms with van der Waals surface area (Å²) >= 11 is 3.06. The number of hydrogen-bond acceptors (Lipinski definition) is 7. The molecule has 0 radical (unpaired) electrons. The van der Waals surface area contributed by atoms with Crippen LogP contribution in [0.15, 0.2) is 28.7 Å². The molecular weight excluding hydrogens is 336 g/mol. The molecule has 0 spiro atoms. The summed E-state index contributed by atoms with van der Waals surface area (Å²) < 4.78 is 0.881. The van der Waals surface area contributed by atoms with Gasteiger partial charge in [-0.15, -0.1) is 10.2 Å². The van der Waals surface area contributed by atoms with Gasteiger partial charge in [0.25, 0.3) is 6.47 Å². The summed E-state index contributed by atoms with van der Waals surface area (Å²) in [6.07, 6.45) is 1.92. The molecule has 2 aromatic heterocycles. The number of aromatic nitrogens is 3. The van der Waals surface area contributed by atoms with E-state index in [1.165, 1.54) is 11.3 Å². The molecule has 0 aliphatic carbocycles. The lowest BCUT2D eigenvalue weighted by atomic mass is 10.2. The Morgan fingerprint density at radius 3 is 2.78 bits per heavy atom. The average Bonchev–Trinajstić information content (AvgIpc) is 2.94. The second-order valence-electron chi connectivity index (χ2n) is 4.73. The maximum absolute atomic E-state index is 11.8. The lowest BCUT2D eigenvalue weighted by Crippen LogP contribution is -2.14. The molecular formula is C14H18N4O3S2. The van der Waals surface area contributed by atoms with Crippen LogP contribution in [0.25, 0.3) is 0 Å². The molecule has 124 valence electrons. The molecule has 1 amide bonds. The number of hydrogen-bond donors (Lipinski definition) is 2. The van der Waals surface area contributed by atoms with Crippen molar-refractivity contribution in [2.45, 2.75) is 24.6 Å². The average molecular weight is 354 g/mol. The van der Waals surface area contributed by atoms with E-state index in [2.05, 4.69) is 34.3 Å². The van der Waals surface area contributed by atoms with Gasteiger partial charge in [-0.05, 0) is 18.1 Å². The van der Waals surface area contributed by atoms with Gasteiger partial charge in [0, 0.05) is 17.6 Å². The zero-order valence-electron chi connectivity index (χ0n) is 12.8. The quantitative estimate of drug-likeness (QED) is 0.466. The zero-order valence-corrected chi connectivity index (χ0v) is 14.4. The normalized spacial score (nSPS) is 9.87. The molecule has 0 saturated carbocycles. The first-order valence-corrected chi connectivity index (χ1v) is 8.59. The highest BCUT2D eigenvalue weighted by Gasteiger charge is 2.10. The molecule has 2 rings (SSSR count). The Balaban J connectivity index is 0.000000816. The van der Waals surface area contributed by atoms with Crippen LogP contribution < -0.4 is 5.32 Å². The highest BCUT2D eigenvalue weighted by atomic mass is 32.2. The van der Waals surface area contributed by atoms with E-state index in [4.69, 9.17) is 9.90 Å². The summed E-state index contributed by atoms with van der Waals surface area (Å²) in [6.45, 7) is 4.06. The Morgan fingerprint density at radius 1 is 1.43 bits per heavy atom. The van der Waals surface area contributed by atoms with Crippen LogP contribution in [0.1, 0.15) is 19.5 Å². The summed E-state index contributed by atoms with van der Waals surface area (Å²) in [4.78, 5) is 24.3. The van der Waals surface area contributed by atoms with E-state index in [-0.39, 0.29) is 18.8 Å². The highest BCUT2D eigenvalue weighted by molar-refractivity contribution is 8.01. The SMILES string of the molecule is CC(C)CSc1nnc(NC(=O)Cc2ccccn2)s1.O=CO. The van der Waals surface area contributed by atoms with E-state index >= 15 is 0 Å². The van der Waals surface area contributed by atoms with Crippen LogP contribution in [0.3, 0.4) is 0 Å². The van der Waals surface area contributed by atoms with Crippen molar-refractivity contribution in [3.8, 4) is 0 Å². The van der Waals surface area contributed by atoms with Crippen molar-refractivity contribution >= 4 is 40.6 Å². The predicted molar refractivity (Wildman–Crippen MR) is 90.7 cm³/mol. The summed E-state index contributed by atoms with van der Waals surface area (Å²) in [7, 11) is 0. The topological polar surface area (TPSA) is 105 Å². The molecule has 2 aromatic rings. The molecule has 2 heterocycles. The van der Waals surface area contributed by atoms with Crippen LogP contribution >= 0.6 is 23.1 Å². The van der Waals surface area contributed by atoms with Gasteiger partial charge >= 0.3 is 0 Å². The number of nitrogens with zero attached hydrogens (tertiary/aromatic N) is 3. The van der Waals surface area contributed by atoms with Crippen molar-refractivity contribution in [2.75, 3.05) is 11.1 Å². The van der Waals surface area contributed by atoms with Gasteiger partial charge in [-0.3, -0.25) is 14.6 Å². The van der Waals surface area contributed by atoms with Crippen molar-refractivity contribution in [2.24, 2.45) is 5.92 Å². The van der Waals surface area contributed by atoms with Gasteiger partial charge in [-0.1, -0.05) is 43.0 Å². The Morgan fingerprint density at radius 2 is 2.17 bits per heavy atom. The van der Waals surface area contributed by atoms with Crippen LogP contribution in [0, 0.1) is 5.92 Å². The first kappa shape index (κ1) is 19.0. The summed E-state index contributed by atoms with van der Waals surface area (Å²) in [5, 5.41) is 18.2. The molecule has 0 aliphatic heterocycles. The van der Waals surface area contributed by atoms with E-state index in [1.54, 1.807) is 18.0 Å². The van der Waals surface area contributed by atoms with Crippen LogP contribution in [0.2, 0.25) is 0 Å². The maximum atomic E-state index is 11.8. The molecule has 0 aliphatic rings. The molecule has 9 heteroatoms. The van der Waals surface area contributed by atoms with E-state index in [0.717, 1.165) is 15.8 Å². The first-order chi connectivity index (χ1) is 11.0. The second kappa shape index (κ2) is 10.7. The van der Waals surface area contributed by atoms with Crippen molar-refractivity contribution in [1.29, 1.82) is 0 Å². The van der Waals surface area contributed by atoms with E-state index in [0.29, 0.717) is 11.0 Å². The van der Waals surface area contributed by atoms with Crippen molar-refractivity contribution < 1.29 is 14.7 Å². The highest BCUT2D eigenvalue weighted by Crippen LogP contribution is 2.26. The van der Waals surface area contributed by atoms with Gasteiger partial charge in [0.2, 0.25) is 11.0 Å². The van der Waals surface area contributed by atoms with Crippen molar-refractivity contribution in [3.05, 3.63) is 30.1 Å². The van der Waals surface area contributed by atoms with Crippen LogP contribution in [-0.4, -0.2) is 38.4 Å². The Labute approximate surface area is 142 Å². The van der Waals surface area contributed by atoms with E-state index in [9.17, 15) is 4.79 Å².